The molecular formula is C14H19BrN2O. The second kappa shape index (κ2) is 5.85. The third kappa shape index (κ3) is 2.93. The van der Waals surface area contributed by atoms with Crippen LogP contribution in [0.5, 0.6) is 0 Å². The molecule has 1 aromatic rings. The van der Waals surface area contributed by atoms with Crippen molar-refractivity contribution in [2.75, 3.05) is 19.6 Å². The summed E-state index contributed by atoms with van der Waals surface area (Å²) in [5, 5.41) is 0. The van der Waals surface area contributed by atoms with Gasteiger partial charge in [0.05, 0.1) is 0 Å². The highest BCUT2D eigenvalue weighted by atomic mass is 79.9. The van der Waals surface area contributed by atoms with Crippen molar-refractivity contribution in [3.63, 3.8) is 0 Å². The number of nitrogens with zero attached hydrogens (tertiary/aromatic N) is 1. The minimum Gasteiger partial charge on any atom is -0.339 e. The summed E-state index contributed by atoms with van der Waals surface area (Å²) in [5.74, 6) is 0.724. The normalized spacial score (nSPS) is 16.9. The van der Waals surface area contributed by atoms with Crippen LogP contribution in [0.25, 0.3) is 0 Å². The number of amides is 1. The molecule has 1 amide bonds. The summed E-state index contributed by atoms with van der Waals surface area (Å²) < 4.78 is 0.952. The van der Waals surface area contributed by atoms with Gasteiger partial charge in [0.25, 0.3) is 5.91 Å². The van der Waals surface area contributed by atoms with E-state index < -0.39 is 0 Å². The summed E-state index contributed by atoms with van der Waals surface area (Å²) >= 11 is 3.42. The van der Waals surface area contributed by atoms with Crippen LogP contribution < -0.4 is 5.73 Å². The number of hydrogen-bond acceptors (Lipinski definition) is 2. The highest BCUT2D eigenvalue weighted by Gasteiger charge is 2.23. The zero-order valence-electron chi connectivity index (χ0n) is 10.7. The summed E-state index contributed by atoms with van der Waals surface area (Å²) in [4.78, 5) is 14.4. The maximum Gasteiger partial charge on any atom is 0.254 e. The lowest BCUT2D eigenvalue weighted by atomic mass is 9.96. The number of aryl methyl sites for hydroxylation is 1. The minimum atomic E-state index is 0.143. The lowest BCUT2D eigenvalue weighted by Crippen LogP contribution is -2.40. The number of benzene rings is 1. The van der Waals surface area contributed by atoms with Crippen molar-refractivity contribution in [2.45, 2.75) is 19.8 Å². The number of hydrogen-bond donors (Lipinski definition) is 1. The lowest BCUT2D eigenvalue weighted by Gasteiger charge is -2.31. The SMILES string of the molecule is Cc1ccc(Br)cc1C(=O)N1CCC(CN)CC1. The molecule has 1 aromatic carbocycles. The molecule has 0 aliphatic carbocycles. The summed E-state index contributed by atoms with van der Waals surface area (Å²) in [6.07, 6.45) is 2.05. The Hall–Kier alpha value is -0.870. The Morgan fingerprint density at radius 2 is 2.11 bits per heavy atom. The number of carbonyl (C=O) groups excluding carboxylic acids is 1. The molecule has 0 unspecified atom stereocenters. The second-order valence-electron chi connectivity index (χ2n) is 4.93. The molecule has 0 radical (unpaired) electrons. The van der Waals surface area contributed by atoms with E-state index >= 15 is 0 Å². The maximum atomic E-state index is 12.4. The number of rotatable bonds is 2. The Morgan fingerprint density at radius 1 is 1.44 bits per heavy atom. The number of halogens is 1. The molecule has 18 heavy (non-hydrogen) atoms. The van der Waals surface area contributed by atoms with Gasteiger partial charge in [-0.05, 0) is 49.9 Å². The van der Waals surface area contributed by atoms with Gasteiger partial charge in [0.15, 0.2) is 0 Å². The number of likely N-dealkylation sites (tertiary alicyclic amines) is 1. The summed E-state index contributed by atoms with van der Waals surface area (Å²) in [6.45, 7) is 4.36. The van der Waals surface area contributed by atoms with Crippen molar-refractivity contribution in [2.24, 2.45) is 11.7 Å². The summed E-state index contributed by atoms with van der Waals surface area (Å²) in [6, 6.07) is 5.85. The van der Waals surface area contributed by atoms with Crippen molar-refractivity contribution < 1.29 is 4.79 Å². The van der Waals surface area contributed by atoms with Crippen molar-refractivity contribution in [3.05, 3.63) is 33.8 Å². The molecule has 3 nitrogen and oxygen atoms in total. The fourth-order valence-electron chi connectivity index (χ4n) is 2.37. The quantitative estimate of drug-likeness (QED) is 0.912. The Kier molecular flexibility index (Phi) is 4.40. The van der Waals surface area contributed by atoms with E-state index in [0.29, 0.717) is 5.92 Å². The standard InChI is InChI=1S/C14H19BrN2O/c1-10-2-3-12(15)8-13(10)14(18)17-6-4-11(9-16)5-7-17/h2-3,8,11H,4-7,9,16H2,1H3. The Balaban J connectivity index is 2.10. The van der Waals surface area contributed by atoms with E-state index in [-0.39, 0.29) is 5.91 Å². The molecule has 98 valence electrons. The highest BCUT2D eigenvalue weighted by Crippen LogP contribution is 2.21. The minimum absolute atomic E-state index is 0.143. The van der Waals surface area contributed by atoms with E-state index in [0.717, 1.165) is 48.1 Å². The van der Waals surface area contributed by atoms with Crippen LogP contribution in [-0.4, -0.2) is 30.4 Å². The van der Waals surface area contributed by atoms with Crippen LogP contribution >= 0.6 is 15.9 Å². The van der Waals surface area contributed by atoms with Gasteiger partial charge >= 0.3 is 0 Å². The Labute approximate surface area is 116 Å². The van der Waals surface area contributed by atoms with Gasteiger partial charge in [-0.2, -0.15) is 0 Å². The fraction of sp³-hybridized carbons (Fsp3) is 0.500. The largest absolute Gasteiger partial charge is 0.339 e. The monoisotopic (exact) mass is 310 g/mol. The highest BCUT2D eigenvalue weighted by molar-refractivity contribution is 9.10. The smallest absolute Gasteiger partial charge is 0.254 e. The van der Waals surface area contributed by atoms with E-state index in [1.165, 1.54) is 0 Å². The van der Waals surface area contributed by atoms with Gasteiger partial charge < -0.3 is 10.6 Å². The molecular weight excluding hydrogens is 292 g/mol. The summed E-state index contributed by atoms with van der Waals surface area (Å²) in [7, 11) is 0. The molecule has 1 aliphatic rings. The Morgan fingerprint density at radius 3 is 2.72 bits per heavy atom. The van der Waals surface area contributed by atoms with E-state index in [4.69, 9.17) is 5.73 Å². The molecule has 2 N–H and O–H groups in total. The van der Waals surface area contributed by atoms with Gasteiger partial charge in [0.2, 0.25) is 0 Å². The zero-order valence-corrected chi connectivity index (χ0v) is 12.2. The molecule has 4 heteroatoms. The molecule has 1 aliphatic heterocycles. The van der Waals surface area contributed by atoms with Gasteiger partial charge in [-0.15, -0.1) is 0 Å². The molecule has 1 saturated heterocycles. The molecule has 0 aromatic heterocycles. The number of carbonyl (C=O) groups is 1. The van der Waals surface area contributed by atoms with Crippen LogP contribution in [-0.2, 0) is 0 Å². The average Bonchev–Trinajstić information content (AvgIpc) is 2.41. The van der Waals surface area contributed by atoms with Crippen LogP contribution in [0, 0.1) is 12.8 Å². The summed E-state index contributed by atoms with van der Waals surface area (Å²) in [5.41, 5.74) is 7.50. The first-order valence-electron chi connectivity index (χ1n) is 6.37. The third-order valence-corrected chi connectivity index (χ3v) is 4.16. The van der Waals surface area contributed by atoms with E-state index in [9.17, 15) is 4.79 Å². The van der Waals surface area contributed by atoms with Gasteiger partial charge in [-0.1, -0.05) is 22.0 Å². The van der Waals surface area contributed by atoms with Crippen LogP contribution in [0.1, 0.15) is 28.8 Å². The zero-order chi connectivity index (χ0) is 13.1. The van der Waals surface area contributed by atoms with E-state index in [1.54, 1.807) is 0 Å². The van der Waals surface area contributed by atoms with Crippen LogP contribution in [0.3, 0.4) is 0 Å². The first kappa shape index (κ1) is 13.6. The molecule has 0 spiro atoms. The van der Waals surface area contributed by atoms with Crippen molar-refractivity contribution in [3.8, 4) is 0 Å². The van der Waals surface area contributed by atoms with Crippen molar-refractivity contribution in [1.82, 2.24) is 4.90 Å². The van der Waals surface area contributed by atoms with Gasteiger partial charge in [-0.25, -0.2) is 0 Å². The van der Waals surface area contributed by atoms with E-state index in [1.807, 2.05) is 30.0 Å². The molecule has 0 bridgehead atoms. The van der Waals surface area contributed by atoms with E-state index in [2.05, 4.69) is 15.9 Å². The molecule has 0 atom stereocenters. The second-order valence-corrected chi connectivity index (χ2v) is 5.85. The maximum absolute atomic E-state index is 12.4. The van der Waals surface area contributed by atoms with Crippen molar-refractivity contribution in [1.29, 1.82) is 0 Å². The fourth-order valence-corrected chi connectivity index (χ4v) is 2.73. The van der Waals surface area contributed by atoms with Crippen LogP contribution in [0.15, 0.2) is 22.7 Å². The van der Waals surface area contributed by atoms with Gasteiger partial charge in [0.1, 0.15) is 0 Å². The first-order valence-corrected chi connectivity index (χ1v) is 7.16. The van der Waals surface area contributed by atoms with Gasteiger partial charge in [-0.3, -0.25) is 4.79 Å². The number of nitrogens with two attached hydrogens (primary N) is 1. The molecule has 1 heterocycles. The van der Waals surface area contributed by atoms with Gasteiger partial charge in [0, 0.05) is 23.1 Å². The van der Waals surface area contributed by atoms with Crippen LogP contribution in [0.2, 0.25) is 0 Å². The average molecular weight is 311 g/mol. The lowest BCUT2D eigenvalue weighted by molar-refractivity contribution is 0.0692. The predicted molar refractivity (Wildman–Crippen MR) is 76.6 cm³/mol. The first-order chi connectivity index (χ1) is 8.61. The molecule has 2 rings (SSSR count). The Bertz CT molecular complexity index is 439. The molecule has 1 fully saturated rings. The molecule has 0 saturated carbocycles. The van der Waals surface area contributed by atoms with Crippen molar-refractivity contribution >= 4 is 21.8 Å². The third-order valence-electron chi connectivity index (χ3n) is 3.67. The predicted octanol–water partition coefficient (Wildman–Crippen LogP) is 2.57. The number of piperidine rings is 1. The van der Waals surface area contributed by atoms with Crippen LogP contribution in [0.4, 0.5) is 0 Å². The topological polar surface area (TPSA) is 46.3 Å².